The molecule has 0 spiro atoms. The van der Waals surface area contributed by atoms with E-state index in [2.05, 4.69) is 25.2 Å². The number of hydrogen-bond acceptors (Lipinski definition) is 2. The molecule has 2 rings (SSSR count). The molecule has 2 nitrogen and oxygen atoms in total. The molecule has 1 saturated carbocycles. The van der Waals surface area contributed by atoms with Gasteiger partial charge in [0.25, 0.3) is 0 Å². The highest BCUT2D eigenvalue weighted by molar-refractivity contribution is 6.32. The van der Waals surface area contributed by atoms with E-state index in [0.717, 1.165) is 23.8 Å². The van der Waals surface area contributed by atoms with Gasteiger partial charge in [0.05, 0.1) is 11.6 Å². The first-order chi connectivity index (χ1) is 10.2. The number of anilines is 1. The highest BCUT2D eigenvalue weighted by Gasteiger charge is 2.17. The van der Waals surface area contributed by atoms with Crippen molar-refractivity contribution in [1.29, 1.82) is 0 Å². The molecule has 21 heavy (non-hydrogen) atoms. The lowest BCUT2D eigenvalue weighted by molar-refractivity contribution is 0.317. The molecule has 1 aromatic carbocycles. The lowest BCUT2D eigenvalue weighted by Crippen LogP contribution is -2.18. The third-order valence-electron chi connectivity index (χ3n) is 4.43. The minimum Gasteiger partial charge on any atom is -0.492 e. The number of hydrogen-bond donors (Lipinski definition) is 1. The van der Waals surface area contributed by atoms with E-state index < -0.39 is 0 Å². The molecule has 2 atom stereocenters. The van der Waals surface area contributed by atoms with Crippen LogP contribution < -0.4 is 10.1 Å². The van der Waals surface area contributed by atoms with Crippen LogP contribution in [0, 0.1) is 5.92 Å². The van der Waals surface area contributed by atoms with Gasteiger partial charge in [-0.1, -0.05) is 44.7 Å². The van der Waals surface area contributed by atoms with Gasteiger partial charge >= 0.3 is 0 Å². The molecule has 0 amide bonds. The number of halogens is 1. The summed E-state index contributed by atoms with van der Waals surface area (Å²) >= 11 is 6.30. The first-order valence-electron chi connectivity index (χ1n) is 8.41. The van der Waals surface area contributed by atoms with E-state index in [1.165, 1.54) is 38.5 Å². The van der Waals surface area contributed by atoms with Crippen LogP contribution in [0.15, 0.2) is 18.2 Å². The van der Waals surface area contributed by atoms with Gasteiger partial charge in [-0.15, -0.1) is 0 Å². The standard InChI is InChI=1S/C18H28ClNO/c1-3-12-21-18-11-10-16(13-17(18)19)20-15-7-5-6-14(4-2)8-9-15/h10-11,13-15,20H,3-9,12H2,1-2H3. The van der Waals surface area contributed by atoms with E-state index in [9.17, 15) is 0 Å². The Kier molecular flexibility index (Phi) is 6.69. The van der Waals surface area contributed by atoms with Gasteiger partial charge in [0, 0.05) is 11.7 Å². The van der Waals surface area contributed by atoms with Crippen molar-refractivity contribution in [3.63, 3.8) is 0 Å². The monoisotopic (exact) mass is 309 g/mol. The predicted octanol–water partition coefficient (Wildman–Crippen LogP) is 5.90. The van der Waals surface area contributed by atoms with Gasteiger partial charge in [-0.3, -0.25) is 0 Å². The van der Waals surface area contributed by atoms with Crippen molar-refractivity contribution in [2.45, 2.75) is 64.8 Å². The minimum absolute atomic E-state index is 0.583. The molecule has 0 saturated heterocycles. The zero-order chi connectivity index (χ0) is 15.1. The number of nitrogens with one attached hydrogen (secondary N) is 1. The van der Waals surface area contributed by atoms with Crippen LogP contribution in [0.1, 0.15) is 58.8 Å². The highest BCUT2D eigenvalue weighted by atomic mass is 35.5. The first kappa shape index (κ1) is 16.5. The maximum absolute atomic E-state index is 6.30. The Morgan fingerprint density at radius 1 is 1.19 bits per heavy atom. The summed E-state index contributed by atoms with van der Waals surface area (Å²) < 4.78 is 5.62. The lowest BCUT2D eigenvalue weighted by Gasteiger charge is -2.19. The van der Waals surface area contributed by atoms with E-state index >= 15 is 0 Å². The normalized spacial score (nSPS) is 22.6. The van der Waals surface area contributed by atoms with Crippen LogP contribution >= 0.6 is 11.6 Å². The molecular weight excluding hydrogens is 282 g/mol. The fourth-order valence-electron chi connectivity index (χ4n) is 3.09. The molecule has 0 heterocycles. The van der Waals surface area contributed by atoms with Gasteiger partial charge in [-0.2, -0.15) is 0 Å². The third-order valence-corrected chi connectivity index (χ3v) is 4.73. The smallest absolute Gasteiger partial charge is 0.138 e. The molecule has 1 aliphatic rings. The molecule has 1 N–H and O–H groups in total. The average molecular weight is 310 g/mol. The van der Waals surface area contributed by atoms with E-state index in [1.54, 1.807) is 0 Å². The molecule has 0 aliphatic heterocycles. The van der Waals surface area contributed by atoms with E-state index in [0.29, 0.717) is 17.7 Å². The molecule has 1 fully saturated rings. The average Bonchev–Trinajstić information content (AvgIpc) is 2.71. The molecule has 1 aromatic rings. The van der Waals surface area contributed by atoms with Crippen molar-refractivity contribution in [2.75, 3.05) is 11.9 Å². The summed E-state index contributed by atoms with van der Waals surface area (Å²) in [5.74, 6) is 1.71. The van der Waals surface area contributed by atoms with Crippen molar-refractivity contribution in [1.82, 2.24) is 0 Å². The minimum atomic E-state index is 0.583. The van der Waals surface area contributed by atoms with Gasteiger partial charge in [0.1, 0.15) is 5.75 Å². The number of rotatable bonds is 6. The van der Waals surface area contributed by atoms with E-state index in [1.807, 2.05) is 12.1 Å². The van der Waals surface area contributed by atoms with Gasteiger partial charge in [-0.25, -0.2) is 0 Å². The van der Waals surface area contributed by atoms with Gasteiger partial charge in [0.15, 0.2) is 0 Å². The summed E-state index contributed by atoms with van der Waals surface area (Å²) in [5.41, 5.74) is 1.11. The van der Waals surface area contributed by atoms with Crippen LogP contribution in [0.3, 0.4) is 0 Å². The maximum Gasteiger partial charge on any atom is 0.138 e. The number of ether oxygens (including phenoxy) is 1. The van der Waals surface area contributed by atoms with Gasteiger partial charge in [0.2, 0.25) is 0 Å². The van der Waals surface area contributed by atoms with Crippen LogP contribution in [0.2, 0.25) is 5.02 Å². The van der Waals surface area contributed by atoms with Crippen molar-refractivity contribution in [3.05, 3.63) is 23.2 Å². The molecule has 2 unspecified atom stereocenters. The summed E-state index contributed by atoms with van der Waals surface area (Å²) in [6, 6.07) is 6.64. The second-order valence-corrected chi connectivity index (χ2v) is 6.52. The van der Waals surface area contributed by atoms with Crippen molar-refractivity contribution >= 4 is 17.3 Å². The maximum atomic E-state index is 6.30. The summed E-state index contributed by atoms with van der Waals surface area (Å²) in [5, 5.41) is 4.35. The molecule has 118 valence electrons. The topological polar surface area (TPSA) is 21.3 Å². The third kappa shape index (κ3) is 5.10. The predicted molar refractivity (Wildman–Crippen MR) is 91.5 cm³/mol. The Labute approximate surface area is 134 Å². The molecular formula is C18H28ClNO. The Bertz CT molecular complexity index is 435. The Balaban J connectivity index is 1.92. The lowest BCUT2D eigenvalue weighted by atomic mass is 9.98. The molecule has 0 bridgehead atoms. The van der Waals surface area contributed by atoms with Gasteiger partial charge in [-0.05, 0) is 49.8 Å². The van der Waals surface area contributed by atoms with E-state index in [-0.39, 0.29) is 0 Å². The molecule has 3 heteroatoms. The van der Waals surface area contributed by atoms with Crippen molar-refractivity contribution < 1.29 is 4.74 Å². The quantitative estimate of drug-likeness (QED) is 0.660. The second-order valence-electron chi connectivity index (χ2n) is 6.12. The van der Waals surface area contributed by atoms with Crippen LogP contribution in [0.5, 0.6) is 5.75 Å². The highest BCUT2D eigenvalue weighted by Crippen LogP contribution is 2.31. The first-order valence-corrected chi connectivity index (χ1v) is 8.79. The Morgan fingerprint density at radius 2 is 2.05 bits per heavy atom. The summed E-state index contributed by atoms with van der Waals surface area (Å²) in [4.78, 5) is 0. The van der Waals surface area contributed by atoms with Crippen molar-refractivity contribution in [3.8, 4) is 5.75 Å². The SMILES string of the molecule is CCCOc1ccc(NC2CCCC(CC)CC2)cc1Cl. The molecule has 1 aliphatic carbocycles. The number of benzene rings is 1. The van der Waals surface area contributed by atoms with E-state index in [4.69, 9.17) is 16.3 Å². The Hall–Kier alpha value is -0.890. The summed E-state index contributed by atoms with van der Waals surface area (Å²) in [6.07, 6.45) is 8.92. The largest absolute Gasteiger partial charge is 0.492 e. The van der Waals surface area contributed by atoms with Gasteiger partial charge < -0.3 is 10.1 Å². The zero-order valence-electron chi connectivity index (χ0n) is 13.3. The molecule has 0 radical (unpaired) electrons. The van der Waals surface area contributed by atoms with Crippen LogP contribution in [0.4, 0.5) is 5.69 Å². The fraction of sp³-hybridized carbons (Fsp3) is 0.667. The van der Waals surface area contributed by atoms with Crippen LogP contribution in [-0.2, 0) is 0 Å². The fourth-order valence-corrected chi connectivity index (χ4v) is 3.32. The van der Waals surface area contributed by atoms with Crippen molar-refractivity contribution in [2.24, 2.45) is 5.92 Å². The van der Waals surface area contributed by atoms with Crippen LogP contribution in [0.25, 0.3) is 0 Å². The summed E-state index contributed by atoms with van der Waals surface area (Å²) in [6.45, 7) is 5.13. The molecule has 0 aromatic heterocycles. The van der Waals surface area contributed by atoms with Crippen LogP contribution in [-0.4, -0.2) is 12.6 Å². The summed E-state index contributed by atoms with van der Waals surface area (Å²) in [7, 11) is 0. The second kappa shape index (κ2) is 8.53. The zero-order valence-corrected chi connectivity index (χ0v) is 14.1. The Morgan fingerprint density at radius 3 is 2.76 bits per heavy atom.